The van der Waals surface area contributed by atoms with E-state index >= 15 is 0 Å². The number of carboxylic acid groups (broad SMARTS) is 1. The zero-order chi connectivity index (χ0) is 29.1. The summed E-state index contributed by atoms with van der Waals surface area (Å²) >= 11 is 1.04. The van der Waals surface area contributed by atoms with Gasteiger partial charge in [0.15, 0.2) is 0 Å². The van der Waals surface area contributed by atoms with Gasteiger partial charge in [-0.25, -0.2) is 4.79 Å². The number of aliphatic hydroxyl groups is 7. The lowest BCUT2D eigenvalue weighted by Crippen LogP contribution is -2.70. The van der Waals surface area contributed by atoms with Crippen LogP contribution < -0.4 is 5.32 Å². The minimum absolute atomic E-state index is 0.660. The molecular formula is C24H35NO13S. The molecule has 0 bridgehead atoms. The number of carbonyl (C=O) groups excluding carboxylic acids is 1. The summed E-state index contributed by atoms with van der Waals surface area (Å²) in [5.41, 5.74) is -0.159. The number of hydrogen-bond donors (Lipinski definition) is 9. The summed E-state index contributed by atoms with van der Waals surface area (Å²) in [6, 6.07) is 5.72. The van der Waals surface area contributed by atoms with Crippen LogP contribution in [-0.2, 0) is 23.8 Å². The standard InChI is InChI=1S/C24H35NO13S/c1-10-3-5-12(6-4-10)39-22-19(33)21(18(32)15(9-27)36-22)38-24(23(34)35)7-13(29)16(25-11(2)28)20(37-24)17(31)14(30)8-26/h3-6,13-22,26-27,29-33H,7-9H2,1-2H3,(H,25,28)(H,34,35)/t13-,14+,15+,16+,17+,18-,19+,20+,21-,22-,24-/m0/s1. The van der Waals surface area contributed by atoms with E-state index in [1.807, 2.05) is 19.1 Å². The van der Waals surface area contributed by atoms with Crippen molar-refractivity contribution in [1.29, 1.82) is 0 Å². The number of carboxylic acids is 1. The second kappa shape index (κ2) is 13.2. The first kappa shape index (κ1) is 31.6. The Labute approximate surface area is 228 Å². The van der Waals surface area contributed by atoms with E-state index in [0.29, 0.717) is 4.90 Å². The predicted octanol–water partition coefficient (Wildman–Crippen LogP) is -2.94. The van der Waals surface area contributed by atoms with Gasteiger partial charge in [0.2, 0.25) is 5.91 Å². The fourth-order valence-electron chi connectivity index (χ4n) is 4.51. The summed E-state index contributed by atoms with van der Waals surface area (Å²) in [5.74, 6) is -5.29. The second-order valence-corrected chi connectivity index (χ2v) is 10.8. The Hall–Kier alpha value is -1.89. The highest BCUT2D eigenvalue weighted by Crippen LogP contribution is 2.40. The van der Waals surface area contributed by atoms with E-state index < -0.39 is 97.6 Å². The van der Waals surface area contributed by atoms with Crippen LogP contribution in [0.15, 0.2) is 29.2 Å². The molecule has 0 aliphatic carbocycles. The zero-order valence-electron chi connectivity index (χ0n) is 21.2. The first-order chi connectivity index (χ1) is 18.3. The summed E-state index contributed by atoms with van der Waals surface area (Å²) in [4.78, 5) is 24.9. The van der Waals surface area contributed by atoms with Crippen molar-refractivity contribution in [1.82, 2.24) is 5.32 Å². The monoisotopic (exact) mass is 577 g/mol. The van der Waals surface area contributed by atoms with Crippen molar-refractivity contribution in [3.8, 4) is 0 Å². The fourth-order valence-corrected chi connectivity index (χ4v) is 5.56. The number of aliphatic hydroxyl groups excluding tert-OH is 7. The van der Waals surface area contributed by atoms with Crippen molar-refractivity contribution in [2.75, 3.05) is 13.2 Å². The molecule has 0 unspecified atom stereocenters. The molecule has 14 nitrogen and oxygen atoms in total. The number of hydrogen-bond acceptors (Lipinski definition) is 13. The molecule has 2 saturated heterocycles. The topological polar surface area (TPSA) is 236 Å². The zero-order valence-corrected chi connectivity index (χ0v) is 22.0. The molecule has 220 valence electrons. The minimum atomic E-state index is -2.81. The first-order valence-electron chi connectivity index (χ1n) is 12.2. The normalized spacial score (nSPS) is 36.6. The van der Waals surface area contributed by atoms with Crippen LogP contribution in [0.2, 0.25) is 0 Å². The van der Waals surface area contributed by atoms with Crippen LogP contribution in [-0.4, -0.2) is 132 Å². The van der Waals surface area contributed by atoms with Crippen LogP contribution in [0.25, 0.3) is 0 Å². The molecule has 2 heterocycles. The number of aliphatic carboxylic acids is 1. The van der Waals surface area contributed by atoms with E-state index in [4.69, 9.17) is 14.2 Å². The molecule has 2 aliphatic rings. The lowest BCUT2D eigenvalue weighted by atomic mass is 9.88. The van der Waals surface area contributed by atoms with Crippen molar-refractivity contribution in [2.45, 2.75) is 91.3 Å². The Balaban J connectivity index is 1.94. The number of amides is 1. The van der Waals surface area contributed by atoms with Gasteiger partial charge in [-0.05, 0) is 19.1 Å². The molecule has 39 heavy (non-hydrogen) atoms. The third-order valence-electron chi connectivity index (χ3n) is 6.61. The van der Waals surface area contributed by atoms with Crippen molar-refractivity contribution >= 4 is 23.6 Å². The third kappa shape index (κ3) is 7.07. The van der Waals surface area contributed by atoms with Gasteiger partial charge in [0.25, 0.3) is 5.79 Å². The van der Waals surface area contributed by atoms with Gasteiger partial charge in [-0.2, -0.15) is 0 Å². The van der Waals surface area contributed by atoms with Crippen molar-refractivity contribution in [2.24, 2.45) is 0 Å². The van der Waals surface area contributed by atoms with Crippen LogP contribution in [0, 0.1) is 6.92 Å². The average molecular weight is 578 g/mol. The van der Waals surface area contributed by atoms with E-state index in [2.05, 4.69) is 5.32 Å². The second-order valence-electron chi connectivity index (χ2n) is 9.60. The Kier molecular flexibility index (Phi) is 10.7. The van der Waals surface area contributed by atoms with Crippen LogP contribution in [0.4, 0.5) is 0 Å². The maximum Gasteiger partial charge on any atom is 0.364 e. The summed E-state index contributed by atoms with van der Waals surface area (Å²) in [6.45, 7) is 1.31. The Morgan fingerprint density at radius 3 is 2.33 bits per heavy atom. The Bertz CT molecular complexity index is 983. The highest BCUT2D eigenvalue weighted by atomic mass is 32.2. The number of ether oxygens (including phenoxy) is 3. The SMILES string of the molecule is CC(=O)N[C@H]1[C@H]([C@H](O)[C@H](O)CO)O[C@@](O[C@H]2[C@@H](O)[C@@H](CO)O[C@@H](Sc3ccc(C)cc3)[C@@H]2O)(C(=O)O)C[C@@H]1O. The third-order valence-corrected chi connectivity index (χ3v) is 7.77. The highest BCUT2D eigenvalue weighted by Gasteiger charge is 2.59. The van der Waals surface area contributed by atoms with Crippen LogP contribution in [0.5, 0.6) is 0 Å². The van der Waals surface area contributed by atoms with Crippen molar-refractivity contribution in [3.05, 3.63) is 29.8 Å². The van der Waals surface area contributed by atoms with E-state index in [0.717, 1.165) is 24.2 Å². The summed E-state index contributed by atoms with van der Waals surface area (Å²) in [6.07, 6.45) is -14.7. The van der Waals surface area contributed by atoms with Crippen molar-refractivity contribution < 1.29 is 64.7 Å². The molecule has 0 radical (unpaired) electrons. The molecule has 1 aromatic rings. The van der Waals surface area contributed by atoms with E-state index in [9.17, 15) is 50.4 Å². The van der Waals surface area contributed by atoms with Gasteiger partial charge < -0.3 is 60.4 Å². The molecule has 1 amide bonds. The fraction of sp³-hybridized carbons (Fsp3) is 0.667. The molecule has 0 spiro atoms. The maximum atomic E-state index is 12.5. The molecule has 3 rings (SSSR count). The first-order valence-corrected chi connectivity index (χ1v) is 13.1. The van der Waals surface area contributed by atoms with Gasteiger partial charge in [-0.15, -0.1) is 0 Å². The molecule has 9 N–H and O–H groups in total. The average Bonchev–Trinajstić information content (AvgIpc) is 2.89. The van der Waals surface area contributed by atoms with Gasteiger partial charge >= 0.3 is 5.97 Å². The van der Waals surface area contributed by atoms with Gasteiger partial charge in [0.05, 0.1) is 25.4 Å². The van der Waals surface area contributed by atoms with Gasteiger partial charge in [-0.3, -0.25) is 4.79 Å². The molecule has 1 aromatic carbocycles. The molecule has 2 fully saturated rings. The lowest BCUT2D eigenvalue weighted by Gasteiger charge is -2.50. The van der Waals surface area contributed by atoms with E-state index in [-0.39, 0.29) is 0 Å². The number of benzene rings is 1. The number of thioether (sulfide) groups is 1. The van der Waals surface area contributed by atoms with Gasteiger partial charge in [0, 0.05) is 18.2 Å². The van der Waals surface area contributed by atoms with Crippen LogP contribution in [0.3, 0.4) is 0 Å². The summed E-state index contributed by atoms with van der Waals surface area (Å²) < 4.78 is 16.9. The molecule has 2 aliphatic heterocycles. The molecule has 0 aromatic heterocycles. The predicted molar refractivity (Wildman–Crippen MR) is 132 cm³/mol. The number of aryl methyl sites for hydroxylation is 1. The Morgan fingerprint density at radius 2 is 1.79 bits per heavy atom. The smallest absolute Gasteiger partial charge is 0.364 e. The van der Waals surface area contributed by atoms with Gasteiger partial charge in [0.1, 0.15) is 48.2 Å². The van der Waals surface area contributed by atoms with Gasteiger partial charge in [-0.1, -0.05) is 29.5 Å². The van der Waals surface area contributed by atoms with E-state index in [1.165, 1.54) is 0 Å². The Morgan fingerprint density at radius 1 is 1.15 bits per heavy atom. The molecule has 15 heteroatoms. The van der Waals surface area contributed by atoms with Crippen LogP contribution in [0.1, 0.15) is 18.9 Å². The van der Waals surface area contributed by atoms with Crippen LogP contribution >= 0.6 is 11.8 Å². The lowest BCUT2D eigenvalue weighted by molar-refractivity contribution is -0.349. The summed E-state index contributed by atoms with van der Waals surface area (Å²) in [7, 11) is 0. The molecule has 0 saturated carbocycles. The number of rotatable bonds is 10. The minimum Gasteiger partial charge on any atom is -0.477 e. The largest absolute Gasteiger partial charge is 0.477 e. The van der Waals surface area contributed by atoms with Crippen molar-refractivity contribution in [3.63, 3.8) is 0 Å². The number of carbonyl (C=O) groups is 2. The molecular weight excluding hydrogens is 542 g/mol. The molecule has 11 atom stereocenters. The highest BCUT2D eigenvalue weighted by molar-refractivity contribution is 7.99. The number of nitrogens with one attached hydrogen (secondary N) is 1. The maximum absolute atomic E-state index is 12.5. The quantitative estimate of drug-likeness (QED) is 0.135. The van der Waals surface area contributed by atoms with E-state index in [1.54, 1.807) is 12.1 Å². The summed E-state index contributed by atoms with van der Waals surface area (Å²) in [5, 5.41) is 84.8.